The van der Waals surface area contributed by atoms with Gasteiger partial charge in [0.25, 0.3) is 5.91 Å². The number of rotatable bonds is 8. The van der Waals surface area contributed by atoms with Crippen molar-refractivity contribution in [1.82, 2.24) is 5.32 Å². The van der Waals surface area contributed by atoms with Crippen LogP contribution in [0.1, 0.15) is 64.4 Å². The molecule has 4 heteroatoms. The molecule has 4 bridgehead atoms. The fourth-order valence-corrected chi connectivity index (χ4v) is 6.37. The lowest BCUT2D eigenvalue weighted by atomic mass is 9.48. The number of nitrogens with one attached hydrogen (secondary N) is 1. The molecular weight excluding hydrogens is 350 g/mol. The number of aryl methyl sites for hydroxylation is 1. The molecule has 0 aromatic heterocycles. The maximum absolute atomic E-state index is 12.5. The molecule has 152 valence electrons. The Morgan fingerprint density at radius 1 is 1.07 bits per heavy atom. The first-order valence-corrected chi connectivity index (χ1v) is 10.9. The molecule has 4 nitrogen and oxygen atoms in total. The number of ketones is 1. The van der Waals surface area contributed by atoms with E-state index in [1.54, 1.807) is 6.92 Å². The molecule has 0 unspecified atom stereocenters. The van der Waals surface area contributed by atoms with Gasteiger partial charge in [-0.25, -0.2) is 0 Å². The molecule has 0 heterocycles. The zero-order chi connectivity index (χ0) is 19.7. The van der Waals surface area contributed by atoms with Crippen molar-refractivity contribution in [2.75, 3.05) is 6.61 Å². The van der Waals surface area contributed by atoms with Gasteiger partial charge in [-0.05, 0) is 99.7 Å². The highest BCUT2D eigenvalue weighted by molar-refractivity contribution is 5.78. The number of hydrogen-bond acceptors (Lipinski definition) is 3. The first kappa shape index (κ1) is 19.5. The largest absolute Gasteiger partial charge is 0.484 e. The summed E-state index contributed by atoms with van der Waals surface area (Å²) in [5.74, 6) is 3.55. The van der Waals surface area contributed by atoms with Crippen LogP contribution in [0.2, 0.25) is 0 Å². The summed E-state index contributed by atoms with van der Waals surface area (Å²) in [7, 11) is 0. The maximum atomic E-state index is 12.5. The average molecular weight is 384 g/mol. The number of carbonyl (C=O) groups is 2. The van der Waals surface area contributed by atoms with Gasteiger partial charge in [0, 0.05) is 12.5 Å². The van der Waals surface area contributed by atoms with Crippen LogP contribution in [0.3, 0.4) is 0 Å². The number of Topliss-reactive ketones (excluding diaryl/α,β-unsaturated/α-hetero) is 1. The van der Waals surface area contributed by atoms with E-state index < -0.39 is 0 Å². The Kier molecular flexibility index (Phi) is 5.48. The smallest absolute Gasteiger partial charge is 0.258 e. The third-order valence-electron chi connectivity index (χ3n) is 7.44. The molecule has 4 aliphatic carbocycles. The summed E-state index contributed by atoms with van der Waals surface area (Å²) < 4.78 is 5.69. The highest BCUT2D eigenvalue weighted by Gasteiger charge is 2.53. The topological polar surface area (TPSA) is 55.4 Å². The Morgan fingerprint density at radius 2 is 1.64 bits per heavy atom. The lowest BCUT2D eigenvalue weighted by molar-refractivity contribution is -0.127. The van der Waals surface area contributed by atoms with Crippen molar-refractivity contribution < 1.29 is 14.3 Å². The fraction of sp³-hybridized carbons (Fsp3) is 0.667. The summed E-state index contributed by atoms with van der Waals surface area (Å²) >= 11 is 0. The second-order valence-corrected chi connectivity index (χ2v) is 9.70. The molecule has 0 spiro atoms. The normalized spacial score (nSPS) is 31.4. The van der Waals surface area contributed by atoms with Gasteiger partial charge in [-0.2, -0.15) is 0 Å². The standard InChI is InChI=1S/C24H33NO3/c1-16(26)3-4-18-5-7-22(8-6-18)28-15-23(27)25-17(2)24-12-19-9-20(13-24)11-21(10-19)14-24/h5-8,17,19-21H,3-4,9-15H2,1-2H3,(H,25,27)/t17-,19?,20?,21?,24?/m1/s1. The van der Waals surface area contributed by atoms with Gasteiger partial charge in [-0.15, -0.1) is 0 Å². The van der Waals surface area contributed by atoms with Gasteiger partial charge in [-0.1, -0.05) is 12.1 Å². The molecule has 0 radical (unpaired) electrons. The molecule has 4 aliphatic rings. The summed E-state index contributed by atoms with van der Waals surface area (Å²) in [6.45, 7) is 3.87. The highest BCUT2D eigenvalue weighted by Crippen LogP contribution is 2.61. The minimum absolute atomic E-state index is 0.0242. The molecule has 5 rings (SSSR count). The zero-order valence-corrected chi connectivity index (χ0v) is 17.2. The van der Waals surface area contributed by atoms with E-state index in [0.29, 0.717) is 17.6 Å². The highest BCUT2D eigenvalue weighted by atomic mass is 16.5. The van der Waals surface area contributed by atoms with E-state index in [4.69, 9.17) is 4.74 Å². The van der Waals surface area contributed by atoms with Crippen LogP contribution in [0.5, 0.6) is 5.75 Å². The van der Waals surface area contributed by atoms with E-state index in [2.05, 4.69) is 12.2 Å². The first-order valence-electron chi connectivity index (χ1n) is 10.9. The van der Waals surface area contributed by atoms with Crippen molar-refractivity contribution >= 4 is 11.7 Å². The molecular formula is C24H33NO3. The monoisotopic (exact) mass is 383 g/mol. The SMILES string of the molecule is CC(=O)CCc1ccc(OCC(=O)N[C@H](C)C23CC4CC(CC(C4)C2)C3)cc1. The van der Waals surface area contributed by atoms with Crippen molar-refractivity contribution in [3.05, 3.63) is 29.8 Å². The van der Waals surface area contributed by atoms with Crippen LogP contribution in [0, 0.1) is 23.2 Å². The van der Waals surface area contributed by atoms with E-state index in [0.717, 1.165) is 29.7 Å². The van der Waals surface area contributed by atoms with Gasteiger partial charge in [0.1, 0.15) is 11.5 Å². The number of ether oxygens (including phenoxy) is 1. The van der Waals surface area contributed by atoms with Gasteiger partial charge in [0.05, 0.1) is 0 Å². The second kappa shape index (κ2) is 7.88. The predicted octanol–water partition coefficient (Wildman–Crippen LogP) is 4.31. The molecule has 1 atom stereocenters. The van der Waals surface area contributed by atoms with Crippen LogP contribution in [0.25, 0.3) is 0 Å². The van der Waals surface area contributed by atoms with Gasteiger partial charge >= 0.3 is 0 Å². The molecule has 1 aromatic rings. The Bertz CT molecular complexity index is 689. The molecule has 4 fully saturated rings. The Labute approximate surface area is 168 Å². The van der Waals surface area contributed by atoms with E-state index >= 15 is 0 Å². The van der Waals surface area contributed by atoms with Crippen LogP contribution in [-0.4, -0.2) is 24.3 Å². The Morgan fingerprint density at radius 3 is 2.18 bits per heavy atom. The van der Waals surface area contributed by atoms with Gasteiger partial charge in [0.15, 0.2) is 6.61 Å². The van der Waals surface area contributed by atoms with Crippen LogP contribution < -0.4 is 10.1 Å². The van der Waals surface area contributed by atoms with E-state index in [-0.39, 0.29) is 24.3 Å². The summed E-state index contributed by atoms with van der Waals surface area (Å²) in [6.07, 6.45) is 9.46. The lowest BCUT2D eigenvalue weighted by Gasteiger charge is -2.59. The van der Waals surface area contributed by atoms with E-state index in [9.17, 15) is 9.59 Å². The minimum atomic E-state index is -0.0242. The number of benzene rings is 1. The summed E-state index contributed by atoms with van der Waals surface area (Å²) in [5.41, 5.74) is 1.44. The fourth-order valence-electron chi connectivity index (χ4n) is 6.37. The quantitative estimate of drug-likeness (QED) is 0.728. The Hall–Kier alpha value is -1.84. The van der Waals surface area contributed by atoms with Crippen molar-refractivity contribution in [3.8, 4) is 5.75 Å². The van der Waals surface area contributed by atoms with Crippen LogP contribution in [0.15, 0.2) is 24.3 Å². The average Bonchev–Trinajstić information content (AvgIpc) is 2.64. The molecule has 4 saturated carbocycles. The van der Waals surface area contributed by atoms with Crippen LogP contribution in [-0.2, 0) is 16.0 Å². The predicted molar refractivity (Wildman–Crippen MR) is 109 cm³/mol. The van der Waals surface area contributed by atoms with Gasteiger partial charge in [0.2, 0.25) is 0 Å². The lowest BCUT2D eigenvalue weighted by Crippen LogP contribution is -2.56. The summed E-state index contributed by atoms with van der Waals surface area (Å²) in [4.78, 5) is 23.6. The molecule has 1 amide bonds. The van der Waals surface area contributed by atoms with E-state index in [1.807, 2.05) is 24.3 Å². The number of amides is 1. The van der Waals surface area contributed by atoms with Crippen molar-refractivity contribution in [2.45, 2.75) is 71.3 Å². The second-order valence-electron chi connectivity index (χ2n) is 9.70. The van der Waals surface area contributed by atoms with Crippen molar-refractivity contribution in [2.24, 2.45) is 23.2 Å². The van der Waals surface area contributed by atoms with Crippen molar-refractivity contribution in [1.29, 1.82) is 0 Å². The molecule has 0 saturated heterocycles. The molecule has 28 heavy (non-hydrogen) atoms. The first-order chi connectivity index (χ1) is 13.4. The van der Waals surface area contributed by atoms with Gasteiger partial charge < -0.3 is 14.8 Å². The van der Waals surface area contributed by atoms with Crippen molar-refractivity contribution in [3.63, 3.8) is 0 Å². The molecule has 1 N–H and O–H groups in total. The third-order valence-corrected chi connectivity index (χ3v) is 7.44. The maximum Gasteiger partial charge on any atom is 0.258 e. The van der Waals surface area contributed by atoms with Gasteiger partial charge in [-0.3, -0.25) is 4.79 Å². The Balaban J connectivity index is 1.26. The minimum Gasteiger partial charge on any atom is -0.484 e. The number of hydrogen-bond donors (Lipinski definition) is 1. The summed E-state index contributed by atoms with van der Waals surface area (Å²) in [5, 5.41) is 3.25. The molecule has 0 aliphatic heterocycles. The van der Waals surface area contributed by atoms with E-state index in [1.165, 1.54) is 38.5 Å². The van der Waals surface area contributed by atoms with Crippen LogP contribution >= 0.6 is 0 Å². The van der Waals surface area contributed by atoms with Crippen LogP contribution in [0.4, 0.5) is 0 Å². The zero-order valence-electron chi connectivity index (χ0n) is 17.2. The third kappa shape index (κ3) is 4.26. The molecule has 1 aromatic carbocycles. The number of carbonyl (C=O) groups excluding carboxylic acids is 2. The summed E-state index contributed by atoms with van der Waals surface area (Å²) in [6, 6.07) is 7.92.